The van der Waals surface area contributed by atoms with Gasteiger partial charge in [-0.1, -0.05) is 26.2 Å². The number of hydrogen-bond acceptors (Lipinski definition) is 2. The van der Waals surface area contributed by atoms with Crippen LogP contribution in [0.3, 0.4) is 0 Å². The average Bonchev–Trinajstić information content (AvgIpc) is 2.46. The van der Waals surface area contributed by atoms with E-state index in [0.29, 0.717) is 12.6 Å². The van der Waals surface area contributed by atoms with E-state index in [9.17, 15) is 4.79 Å². The highest BCUT2D eigenvalue weighted by molar-refractivity contribution is 5.80. The average molecular weight is 198 g/mol. The highest BCUT2D eigenvalue weighted by atomic mass is 16.2. The van der Waals surface area contributed by atoms with Crippen LogP contribution in [0.25, 0.3) is 0 Å². The van der Waals surface area contributed by atoms with Crippen molar-refractivity contribution in [1.29, 1.82) is 0 Å². The predicted molar refractivity (Wildman–Crippen MR) is 57.9 cm³/mol. The molecule has 1 rings (SSSR count). The first-order chi connectivity index (χ1) is 6.66. The first kappa shape index (κ1) is 11.5. The molecular weight excluding hydrogens is 176 g/mol. The summed E-state index contributed by atoms with van der Waals surface area (Å²) >= 11 is 0. The van der Waals surface area contributed by atoms with Crippen LogP contribution >= 0.6 is 0 Å². The molecule has 1 heterocycles. The molecule has 14 heavy (non-hydrogen) atoms. The zero-order chi connectivity index (χ0) is 10.6. The Kier molecular flexibility index (Phi) is 4.39. The molecule has 2 unspecified atom stereocenters. The van der Waals surface area contributed by atoms with Gasteiger partial charge in [0, 0.05) is 6.04 Å². The topological polar surface area (TPSA) is 32.3 Å². The highest BCUT2D eigenvalue weighted by Crippen LogP contribution is 2.15. The zero-order valence-corrected chi connectivity index (χ0v) is 9.55. The molecule has 1 fully saturated rings. The Labute approximate surface area is 86.9 Å². The van der Waals surface area contributed by atoms with Crippen molar-refractivity contribution in [2.75, 3.05) is 6.54 Å². The molecule has 1 N–H and O–H groups in total. The van der Waals surface area contributed by atoms with Crippen molar-refractivity contribution in [3.8, 4) is 0 Å². The van der Waals surface area contributed by atoms with Gasteiger partial charge in [0.2, 0.25) is 5.91 Å². The fourth-order valence-corrected chi connectivity index (χ4v) is 2.10. The lowest BCUT2D eigenvalue weighted by atomic mass is 10.1. The van der Waals surface area contributed by atoms with E-state index in [0.717, 1.165) is 6.42 Å². The maximum atomic E-state index is 11.5. The third-order valence-electron chi connectivity index (χ3n) is 2.95. The molecule has 0 aliphatic carbocycles. The molecule has 0 aromatic carbocycles. The first-order valence-corrected chi connectivity index (χ1v) is 5.71. The number of rotatable bonds is 5. The molecule has 0 radical (unpaired) electrons. The Balaban J connectivity index is 2.35. The largest absolute Gasteiger partial charge is 0.324 e. The van der Waals surface area contributed by atoms with Gasteiger partial charge in [0.25, 0.3) is 0 Å². The molecule has 82 valence electrons. The van der Waals surface area contributed by atoms with Gasteiger partial charge in [-0.05, 0) is 20.3 Å². The van der Waals surface area contributed by atoms with Gasteiger partial charge in [-0.25, -0.2) is 0 Å². The van der Waals surface area contributed by atoms with Crippen LogP contribution in [-0.4, -0.2) is 29.6 Å². The molecule has 0 saturated carbocycles. The highest BCUT2D eigenvalue weighted by Gasteiger charge is 2.30. The van der Waals surface area contributed by atoms with E-state index >= 15 is 0 Å². The second-order valence-electron chi connectivity index (χ2n) is 4.20. The minimum atomic E-state index is 0.221. The minimum Gasteiger partial charge on any atom is -0.324 e. The molecule has 1 amide bonds. The smallest absolute Gasteiger partial charge is 0.238 e. The van der Waals surface area contributed by atoms with Gasteiger partial charge < -0.3 is 4.90 Å². The van der Waals surface area contributed by atoms with Crippen molar-refractivity contribution in [1.82, 2.24) is 10.2 Å². The quantitative estimate of drug-likeness (QED) is 0.682. The summed E-state index contributed by atoms with van der Waals surface area (Å²) in [6, 6.07) is 0.388. The lowest BCUT2D eigenvalue weighted by Crippen LogP contribution is -2.41. The van der Waals surface area contributed by atoms with Crippen LogP contribution in [0.5, 0.6) is 0 Å². The van der Waals surface area contributed by atoms with Gasteiger partial charge in [0.1, 0.15) is 0 Å². The van der Waals surface area contributed by atoms with Crippen LogP contribution in [-0.2, 0) is 4.79 Å². The molecule has 0 bridgehead atoms. The van der Waals surface area contributed by atoms with Gasteiger partial charge >= 0.3 is 0 Å². The van der Waals surface area contributed by atoms with Crippen LogP contribution in [0.2, 0.25) is 0 Å². The summed E-state index contributed by atoms with van der Waals surface area (Å²) in [4.78, 5) is 13.5. The summed E-state index contributed by atoms with van der Waals surface area (Å²) in [6.07, 6.45) is 5.10. The second kappa shape index (κ2) is 5.35. The summed E-state index contributed by atoms with van der Waals surface area (Å²) in [5, 5.41) is 3.17. The van der Waals surface area contributed by atoms with Crippen LogP contribution < -0.4 is 5.32 Å². The molecule has 0 spiro atoms. The van der Waals surface area contributed by atoms with Crippen molar-refractivity contribution < 1.29 is 4.79 Å². The second-order valence-corrected chi connectivity index (χ2v) is 4.20. The maximum Gasteiger partial charge on any atom is 0.238 e. The summed E-state index contributed by atoms with van der Waals surface area (Å²) < 4.78 is 0. The number of amides is 1. The summed E-state index contributed by atoms with van der Waals surface area (Å²) in [7, 11) is 0. The predicted octanol–water partition coefficient (Wildman–Crippen LogP) is 1.73. The lowest BCUT2D eigenvalue weighted by Gasteiger charge is -2.28. The van der Waals surface area contributed by atoms with Gasteiger partial charge in [0.05, 0.1) is 12.7 Å². The number of carbonyl (C=O) groups excluding carboxylic acids is 1. The van der Waals surface area contributed by atoms with E-state index in [1.807, 2.05) is 4.90 Å². The van der Waals surface area contributed by atoms with Crippen LogP contribution in [0.1, 0.15) is 46.5 Å². The van der Waals surface area contributed by atoms with Crippen molar-refractivity contribution in [2.24, 2.45) is 0 Å². The molecule has 3 heteroatoms. The van der Waals surface area contributed by atoms with Crippen molar-refractivity contribution in [3.05, 3.63) is 0 Å². The molecule has 1 aliphatic rings. The van der Waals surface area contributed by atoms with Gasteiger partial charge in [0.15, 0.2) is 0 Å². The molecule has 0 aromatic heterocycles. The molecule has 0 aromatic rings. The zero-order valence-electron chi connectivity index (χ0n) is 9.55. The molecule has 1 saturated heterocycles. The fraction of sp³-hybridized carbons (Fsp3) is 0.909. The molecule has 2 atom stereocenters. The normalized spacial score (nSPS) is 24.4. The summed E-state index contributed by atoms with van der Waals surface area (Å²) in [6.45, 7) is 6.92. The van der Waals surface area contributed by atoms with Crippen molar-refractivity contribution >= 4 is 5.91 Å². The third kappa shape index (κ3) is 2.71. The Morgan fingerprint density at radius 3 is 2.79 bits per heavy atom. The summed E-state index contributed by atoms with van der Waals surface area (Å²) in [5.41, 5.74) is 0. The van der Waals surface area contributed by atoms with E-state index in [2.05, 4.69) is 26.1 Å². The molecular formula is C11H22N2O. The van der Waals surface area contributed by atoms with E-state index in [-0.39, 0.29) is 12.1 Å². The Morgan fingerprint density at radius 2 is 2.29 bits per heavy atom. The standard InChI is InChI=1S/C11H22N2O/c1-4-5-6-7-9(2)13-10(3)12-8-11(13)14/h9-10,12H,4-8H2,1-3H3. The van der Waals surface area contributed by atoms with E-state index in [4.69, 9.17) is 0 Å². The van der Waals surface area contributed by atoms with Crippen LogP contribution in [0.4, 0.5) is 0 Å². The SMILES string of the molecule is CCCCCC(C)N1C(=O)CNC1C. The Bertz CT molecular complexity index is 194. The minimum absolute atomic E-state index is 0.221. The Hall–Kier alpha value is -0.570. The van der Waals surface area contributed by atoms with E-state index < -0.39 is 0 Å². The molecule has 3 nitrogen and oxygen atoms in total. The van der Waals surface area contributed by atoms with Crippen molar-refractivity contribution in [3.63, 3.8) is 0 Å². The number of nitrogens with zero attached hydrogens (tertiary/aromatic N) is 1. The van der Waals surface area contributed by atoms with Gasteiger partial charge in [-0.2, -0.15) is 0 Å². The number of carbonyl (C=O) groups is 1. The third-order valence-corrected chi connectivity index (χ3v) is 2.95. The lowest BCUT2D eigenvalue weighted by molar-refractivity contribution is -0.129. The van der Waals surface area contributed by atoms with Crippen LogP contribution in [0, 0.1) is 0 Å². The number of hydrogen-bond donors (Lipinski definition) is 1. The number of unbranched alkanes of at least 4 members (excludes halogenated alkanes) is 2. The van der Waals surface area contributed by atoms with Gasteiger partial charge in [-0.15, -0.1) is 0 Å². The van der Waals surface area contributed by atoms with Crippen molar-refractivity contribution in [2.45, 2.75) is 58.7 Å². The monoisotopic (exact) mass is 198 g/mol. The summed E-state index contributed by atoms with van der Waals surface area (Å²) in [5.74, 6) is 0.251. The van der Waals surface area contributed by atoms with E-state index in [1.165, 1.54) is 19.3 Å². The maximum absolute atomic E-state index is 11.5. The van der Waals surface area contributed by atoms with Gasteiger partial charge in [-0.3, -0.25) is 10.1 Å². The molecule has 1 aliphatic heterocycles. The van der Waals surface area contributed by atoms with Crippen LogP contribution in [0.15, 0.2) is 0 Å². The Morgan fingerprint density at radius 1 is 1.57 bits per heavy atom. The number of nitrogens with one attached hydrogen (secondary N) is 1. The first-order valence-electron chi connectivity index (χ1n) is 5.71. The fourth-order valence-electron chi connectivity index (χ4n) is 2.10. The van der Waals surface area contributed by atoms with E-state index in [1.54, 1.807) is 0 Å².